The summed E-state index contributed by atoms with van der Waals surface area (Å²) in [6.07, 6.45) is 8.90. The fourth-order valence-electron chi connectivity index (χ4n) is 4.65. The van der Waals surface area contributed by atoms with E-state index in [4.69, 9.17) is 4.74 Å². The van der Waals surface area contributed by atoms with E-state index >= 15 is 0 Å². The van der Waals surface area contributed by atoms with E-state index in [1.807, 2.05) is 49.4 Å². The molecule has 5 rings (SSSR count). The second-order valence-electron chi connectivity index (χ2n) is 8.58. The van der Waals surface area contributed by atoms with Gasteiger partial charge in [-0.1, -0.05) is 24.3 Å². The predicted octanol–water partition coefficient (Wildman–Crippen LogP) is 4.10. The van der Waals surface area contributed by atoms with Crippen LogP contribution in [0.3, 0.4) is 0 Å². The van der Waals surface area contributed by atoms with Crippen LogP contribution in [-0.4, -0.2) is 57.9 Å². The minimum Gasteiger partial charge on any atom is -0.379 e. The van der Waals surface area contributed by atoms with Crippen LogP contribution in [0.1, 0.15) is 41.0 Å². The summed E-state index contributed by atoms with van der Waals surface area (Å²) in [6.45, 7) is 5.65. The molecule has 3 heterocycles. The van der Waals surface area contributed by atoms with Crippen molar-refractivity contribution in [2.75, 3.05) is 31.6 Å². The molecule has 7 nitrogen and oxygen atoms in total. The van der Waals surface area contributed by atoms with Gasteiger partial charge in [-0.15, -0.1) is 0 Å². The quantitative estimate of drug-likeness (QED) is 0.643. The molecule has 1 aliphatic carbocycles. The number of nitrogens with zero attached hydrogens (tertiary/aromatic N) is 4. The molecule has 2 aromatic heterocycles. The van der Waals surface area contributed by atoms with Crippen molar-refractivity contribution in [1.82, 2.24) is 19.7 Å². The number of allylic oxidation sites excluding steroid dienone is 1. The van der Waals surface area contributed by atoms with E-state index in [9.17, 15) is 4.79 Å². The van der Waals surface area contributed by atoms with Gasteiger partial charge in [-0.25, -0.2) is 4.68 Å². The van der Waals surface area contributed by atoms with Crippen molar-refractivity contribution in [3.05, 3.63) is 77.9 Å². The Bertz CT molecular complexity index is 1130. The van der Waals surface area contributed by atoms with Gasteiger partial charge >= 0.3 is 0 Å². The monoisotopic (exact) mass is 443 g/mol. The summed E-state index contributed by atoms with van der Waals surface area (Å²) >= 11 is 0. The highest BCUT2D eigenvalue weighted by Crippen LogP contribution is 2.29. The highest BCUT2D eigenvalue weighted by molar-refractivity contribution is 6.04. The summed E-state index contributed by atoms with van der Waals surface area (Å²) in [5.41, 5.74) is 5.23. The lowest BCUT2D eigenvalue weighted by atomic mass is 9.92. The van der Waals surface area contributed by atoms with Crippen molar-refractivity contribution in [2.24, 2.45) is 0 Å². The van der Waals surface area contributed by atoms with Gasteiger partial charge in [0.25, 0.3) is 5.91 Å². The standard InChI is InChI=1S/C26H29N5O2/c1-19-24(18-28-31(19)23-5-3-2-4-6-23)26(32)29-21-9-12-25(27-17-21)20-7-10-22(11-8-20)30-13-15-33-16-14-30/h2-7,9,12,17-18,22H,8,10-11,13-16H2,1H3,(H,29,32). The molecule has 170 valence electrons. The average Bonchev–Trinajstić information content (AvgIpc) is 3.27. The number of ether oxygens (including phenoxy) is 1. The second kappa shape index (κ2) is 9.68. The summed E-state index contributed by atoms with van der Waals surface area (Å²) in [6, 6.07) is 14.3. The number of anilines is 1. The van der Waals surface area contributed by atoms with Crippen molar-refractivity contribution < 1.29 is 9.53 Å². The van der Waals surface area contributed by atoms with Crippen LogP contribution in [0, 0.1) is 6.92 Å². The van der Waals surface area contributed by atoms with Crippen LogP contribution in [0.2, 0.25) is 0 Å². The van der Waals surface area contributed by atoms with Gasteiger partial charge < -0.3 is 10.1 Å². The number of hydrogen-bond donors (Lipinski definition) is 1. The van der Waals surface area contributed by atoms with Crippen molar-refractivity contribution >= 4 is 17.2 Å². The zero-order valence-electron chi connectivity index (χ0n) is 18.9. The van der Waals surface area contributed by atoms with Crippen LogP contribution in [0.15, 0.2) is 60.9 Å². The number of morpholine rings is 1. The van der Waals surface area contributed by atoms with Crippen LogP contribution in [0.5, 0.6) is 0 Å². The zero-order chi connectivity index (χ0) is 22.6. The molecule has 0 saturated carbocycles. The molecule has 1 N–H and O–H groups in total. The van der Waals surface area contributed by atoms with E-state index in [1.54, 1.807) is 17.1 Å². The summed E-state index contributed by atoms with van der Waals surface area (Å²) in [5, 5.41) is 7.34. The second-order valence-corrected chi connectivity index (χ2v) is 8.58. The van der Waals surface area contributed by atoms with Gasteiger partial charge in [0, 0.05) is 19.1 Å². The van der Waals surface area contributed by atoms with E-state index < -0.39 is 0 Å². The fraction of sp³-hybridized carbons (Fsp3) is 0.346. The molecule has 0 bridgehead atoms. The van der Waals surface area contributed by atoms with Gasteiger partial charge in [0.15, 0.2) is 0 Å². The van der Waals surface area contributed by atoms with Crippen LogP contribution in [0.4, 0.5) is 5.69 Å². The van der Waals surface area contributed by atoms with Gasteiger partial charge in [-0.2, -0.15) is 5.10 Å². The highest BCUT2D eigenvalue weighted by Gasteiger charge is 2.23. The van der Waals surface area contributed by atoms with E-state index in [-0.39, 0.29) is 5.91 Å². The smallest absolute Gasteiger partial charge is 0.259 e. The van der Waals surface area contributed by atoms with Crippen molar-refractivity contribution in [3.8, 4) is 5.69 Å². The normalized spacial score (nSPS) is 19.2. The number of nitrogens with one attached hydrogen (secondary N) is 1. The lowest BCUT2D eigenvalue weighted by Crippen LogP contribution is -2.43. The molecule has 1 unspecified atom stereocenters. The molecule has 0 spiro atoms. The largest absolute Gasteiger partial charge is 0.379 e. The number of carbonyl (C=O) groups excluding carboxylic acids is 1. The Labute approximate surface area is 194 Å². The lowest BCUT2D eigenvalue weighted by Gasteiger charge is -2.36. The Morgan fingerprint density at radius 2 is 1.91 bits per heavy atom. The van der Waals surface area contributed by atoms with Gasteiger partial charge in [0.1, 0.15) is 0 Å². The highest BCUT2D eigenvalue weighted by atomic mass is 16.5. The maximum atomic E-state index is 12.8. The topological polar surface area (TPSA) is 72.3 Å². The first-order chi connectivity index (χ1) is 16.2. The van der Waals surface area contributed by atoms with Gasteiger partial charge in [0.2, 0.25) is 0 Å². The molecule has 33 heavy (non-hydrogen) atoms. The summed E-state index contributed by atoms with van der Waals surface area (Å²) < 4.78 is 7.25. The first-order valence-electron chi connectivity index (χ1n) is 11.6. The minimum absolute atomic E-state index is 0.186. The average molecular weight is 444 g/mol. The van der Waals surface area contributed by atoms with Crippen LogP contribution >= 0.6 is 0 Å². The minimum atomic E-state index is -0.186. The number of carbonyl (C=O) groups is 1. The number of benzene rings is 1. The first kappa shape index (κ1) is 21.6. The Hall–Kier alpha value is -3.29. The maximum Gasteiger partial charge on any atom is 0.259 e. The third kappa shape index (κ3) is 4.74. The Kier molecular flexibility index (Phi) is 6.32. The maximum absolute atomic E-state index is 12.8. The van der Waals surface area contributed by atoms with Gasteiger partial charge in [-0.3, -0.25) is 14.7 Å². The molecule has 1 amide bonds. The first-order valence-corrected chi connectivity index (χ1v) is 11.6. The van der Waals surface area contributed by atoms with E-state index in [0.29, 0.717) is 17.3 Å². The molecule has 1 fully saturated rings. The molecule has 2 aliphatic rings. The predicted molar refractivity (Wildman–Crippen MR) is 128 cm³/mol. The summed E-state index contributed by atoms with van der Waals surface area (Å²) in [4.78, 5) is 20.0. The molecule has 7 heteroatoms. The number of aromatic nitrogens is 3. The number of rotatable bonds is 5. The molecule has 3 aromatic rings. The molecular weight excluding hydrogens is 414 g/mol. The van der Waals surface area contributed by atoms with Crippen LogP contribution < -0.4 is 5.32 Å². The van der Waals surface area contributed by atoms with E-state index in [0.717, 1.165) is 62.6 Å². The number of hydrogen-bond acceptors (Lipinski definition) is 5. The third-order valence-corrected chi connectivity index (χ3v) is 6.55. The molecule has 1 atom stereocenters. The van der Waals surface area contributed by atoms with E-state index in [2.05, 4.69) is 26.4 Å². The SMILES string of the molecule is Cc1c(C(=O)Nc2ccc(C3=CCC(N4CCOCC4)CC3)nc2)cnn1-c1ccccc1. The molecule has 1 aromatic carbocycles. The Balaban J connectivity index is 1.22. The van der Waals surface area contributed by atoms with Gasteiger partial charge in [-0.05, 0) is 56.0 Å². The Morgan fingerprint density at radius 1 is 1.09 bits per heavy atom. The van der Waals surface area contributed by atoms with E-state index in [1.165, 1.54) is 5.57 Å². The fourth-order valence-corrected chi connectivity index (χ4v) is 4.65. The molecular formula is C26H29N5O2. The molecule has 1 saturated heterocycles. The number of pyridine rings is 1. The van der Waals surface area contributed by atoms with Gasteiger partial charge in [0.05, 0.1) is 53.9 Å². The van der Waals surface area contributed by atoms with Crippen molar-refractivity contribution in [3.63, 3.8) is 0 Å². The molecule has 0 radical (unpaired) electrons. The summed E-state index contributed by atoms with van der Waals surface area (Å²) in [7, 11) is 0. The third-order valence-electron chi connectivity index (χ3n) is 6.55. The van der Waals surface area contributed by atoms with Crippen LogP contribution in [0.25, 0.3) is 11.3 Å². The zero-order valence-corrected chi connectivity index (χ0v) is 18.9. The summed E-state index contributed by atoms with van der Waals surface area (Å²) in [5.74, 6) is -0.186. The lowest BCUT2D eigenvalue weighted by molar-refractivity contribution is 0.0150. The Morgan fingerprint density at radius 3 is 2.61 bits per heavy atom. The number of para-hydroxylation sites is 1. The van der Waals surface area contributed by atoms with Crippen molar-refractivity contribution in [2.45, 2.75) is 32.2 Å². The molecule has 1 aliphatic heterocycles. The number of amides is 1. The van der Waals surface area contributed by atoms with Crippen molar-refractivity contribution in [1.29, 1.82) is 0 Å². The van der Waals surface area contributed by atoms with Crippen LogP contribution in [-0.2, 0) is 4.74 Å².